The van der Waals surface area contributed by atoms with Crippen LogP contribution in [0.4, 0.5) is 0 Å². The number of carbonyl (C=O) groups is 2. The number of hydrogen-bond acceptors (Lipinski definition) is 5. The van der Waals surface area contributed by atoms with Crippen molar-refractivity contribution in [3.63, 3.8) is 0 Å². The summed E-state index contributed by atoms with van der Waals surface area (Å²) in [5.41, 5.74) is 12.1. The summed E-state index contributed by atoms with van der Waals surface area (Å²) in [5, 5.41) is 0. The maximum atomic E-state index is 12.7. The quantitative estimate of drug-likeness (QED) is 0.365. The van der Waals surface area contributed by atoms with Crippen molar-refractivity contribution in [2.75, 3.05) is 13.2 Å². The predicted octanol–water partition coefficient (Wildman–Crippen LogP) is 2.39. The lowest BCUT2D eigenvalue weighted by atomic mass is 9.93. The molecule has 0 aromatic rings. The summed E-state index contributed by atoms with van der Waals surface area (Å²) in [6, 6.07) is 0. The highest BCUT2D eigenvalue weighted by Gasteiger charge is 2.35. The van der Waals surface area contributed by atoms with Gasteiger partial charge < -0.3 is 16.2 Å². The molecular weight excluding hydrogens is 344 g/mol. The van der Waals surface area contributed by atoms with E-state index in [2.05, 4.69) is 4.99 Å². The van der Waals surface area contributed by atoms with Gasteiger partial charge in [0.25, 0.3) is 0 Å². The monoisotopic (exact) mass is 376 g/mol. The van der Waals surface area contributed by atoms with E-state index in [1.54, 1.807) is 19.1 Å². The van der Waals surface area contributed by atoms with Crippen molar-refractivity contribution in [1.29, 1.82) is 0 Å². The van der Waals surface area contributed by atoms with Crippen molar-refractivity contribution >= 4 is 17.8 Å². The fourth-order valence-electron chi connectivity index (χ4n) is 2.64. The van der Waals surface area contributed by atoms with E-state index in [-0.39, 0.29) is 18.4 Å². The number of allylic oxidation sites excluding steroid dienone is 3. The summed E-state index contributed by atoms with van der Waals surface area (Å²) in [4.78, 5) is 29.9. The molecule has 1 rings (SSSR count). The molecule has 4 N–H and O–H groups in total. The highest BCUT2D eigenvalue weighted by atomic mass is 16.5. The molecule has 0 aromatic heterocycles. The molecule has 7 heteroatoms. The number of aliphatic imine (C=N–C) groups is 1. The lowest BCUT2D eigenvalue weighted by Crippen LogP contribution is -2.51. The van der Waals surface area contributed by atoms with Gasteiger partial charge in [0.1, 0.15) is 5.76 Å². The Kier molecular flexibility index (Phi) is 8.28. The number of hydrogen-bond donors (Lipinski definition) is 2. The van der Waals surface area contributed by atoms with E-state index in [1.807, 2.05) is 33.8 Å². The molecule has 0 aromatic carbocycles. The van der Waals surface area contributed by atoms with E-state index in [4.69, 9.17) is 16.2 Å². The van der Waals surface area contributed by atoms with E-state index in [0.717, 1.165) is 18.4 Å². The van der Waals surface area contributed by atoms with E-state index in [9.17, 15) is 9.59 Å². The molecule has 0 saturated heterocycles. The number of rotatable bonds is 9. The average Bonchev–Trinajstić information content (AvgIpc) is 2.60. The van der Waals surface area contributed by atoms with Crippen LogP contribution in [0.15, 0.2) is 40.1 Å². The molecule has 27 heavy (non-hydrogen) atoms. The summed E-state index contributed by atoms with van der Waals surface area (Å²) in [6.07, 6.45) is 7.10. The first-order valence-electron chi connectivity index (χ1n) is 9.33. The van der Waals surface area contributed by atoms with Gasteiger partial charge in [-0.1, -0.05) is 26.0 Å². The number of nitrogens with two attached hydrogens (primary N) is 2. The van der Waals surface area contributed by atoms with Crippen molar-refractivity contribution < 1.29 is 14.3 Å². The van der Waals surface area contributed by atoms with Crippen LogP contribution in [0.3, 0.4) is 0 Å². The SMILES string of the molecule is CC/C=C(CN1C(=O)CC(C)(CC)N=C1N)/C(=C\C=C(/C)C(N)=O)OCC. The lowest BCUT2D eigenvalue weighted by Gasteiger charge is -2.35. The molecule has 1 unspecified atom stereocenters. The Morgan fingerprint density at radius 1 is 1.33 bits per heavy atom. The first-order valence-corrected chi connectivity index (χ1v) is 9.33. The Bertz CT molecular complexity index is 691. The van der Waals surface area contributed by atoms with Crippen LogP contribution in [0.5, 0.6) is 0 Å². The van der Waals surface area contributed by atoms with Crippen molar-refractivity contribution in [1.82, 2.24) is 4.90 Å². The largest absolute Gasteiger partial charge is 0.494 e. The molecule has 0 radical (unpaired) electrons. The van der Waals surface area contributed by atoms with Crippen molar-refractivity contribution in [3.8, 4) is 0 Å². The second-order valence-corrected chi connectivity index (χ2v) is 6.79. The molecule has 0 aliphatic carbocycles. The number of carbonyl (C=O) groups excluding carboxylic acids is 2. The standard InChI is InChI=1S/C20H32N4O3/c1-6-9-15(16(27-8-3)11-10-14(4)18(21)26)13-24-17(25)12-20(5,7-2)23-19(24)22/h9-11H,6-8,12-13H2,1-5H3,(H2,21,26)(H2,22,23)/b14-10+,15-9+,16-11+. The molecule has 0 spiro atoms. The van der Waals surface area contributed by atoms with E-state index >= 15 is 0 Å². The van der Waals surface area contributed by atoms with E-state index in [0.29, 0.717) is 24.4 Å². The van der Waals surface area contributed by atoms with Gasteiger partial charge in [-0.2, -0.15) is 0 Å². The molecular formula is C20H32N4O3. The summed E-state index contributed by atoms with van der Waals surface area (Å²) < 4.78 is 5.74. The number of guanidine groups is 1. The highest BCUT2D eigenvalue weighted by Crippen LogP contribution is 2.26. The third kappa shape index (κ3) is 6.27. The van der Waals surface area contributed by atoms with Crippen LogP contribution in [0, 0.1) is 0 Å². The topological polar surface area (TPSA) is 111 Å². The Balaban J connectivity index is 3.20. The van der Waals surface area contributed by atoms with Crippen LogP contribution >= 0.6 is 0 Å². The van der Waals surface area contributed by atoms with Gasteiger partial charge >= 0.3 is 0 Å². The minimum Gasteiger partial charge on any atom is -0.494 e. The maximum absolute atomic E-state index is 12.7. The average molecular weight is 377 g/mol. The van der Waals surface area contributed by atoms with Gasteiger partial charge in [0.15, 0.2) is 5.96 Å². The summed E-state index contributed by atoms with van der Waals surface area (Å²) in [6.45, 7) is 10.1. The van der Waals surface area contributed by atoms with Gasteiger partial charge in [0.2, 0.25) is 11.8 Å². The van der Waals surface area contributed by atoms with E-state index in [1.165, 1.54) is 4.90 Å². The molecule has 0 fully saturated rings. The fraction of sp³-hybridized carbons (Fsp3) is 0.550. The molecule has 0 bridgehead atoms. The molecule has 0 saturated carbocycles. The molecule has 1 atom stereocenters. The Morgan fingerprint density at radius 3 is 2.48 bits per heavy atom. The molecule has 2 amide bonds. The summed E-state index contributed by atoms with van der Waals surface area (Å²) >= 11 is 0. The smallest absolute Gasteiger partial charge is 0.244 e. The zero-order valence-electron chi connectivity index (χ0n) is 17.0. The van der Waals surface area contributed by atoms with Crippen LogP contribution in [0.1, 0.15) is 53.9 Å². The molecule has 1 heterocycles. The van der Waals surface area contributed by atoms with Crippen LogP contribution in [-0.4, -0.2) is 41.4 Å². The summed E-state index contributed by atoms with van der Waals surface area (Å²) in [7, 11) is 0. The Labute approximate surface area is 161 Å². The second-order valence-electron chi connectivity index (χ2n) is 6.79. The van der Waals surface area contributed by atoms with E-state index < -0.39 is 11.4 Å². The van der Waals surface area contributed by atoms with Crippen LogP contribution in [0.2, 0.25) is 0 Å². The van der Waals surface area contributed by atoms with Gasteiger partial charge in [-0.3, -0.25) is 14.5 Å². The van der Waals surface area contributed by atoms with Gasteiger partial charge in [0.05, 0.1) is 25.1 Å². The van der Waals surface area contributed by atoms with Gasteiger partial charge in [-0.05, 0) is 39.7 Å². The highest BCUT2D eigenvalue weighted by molar-refractivity contribution is 5.99. The molecule has 150 valence electrons. The Hall–Kier alpha value is -2.57. The van der Waals surface area contributed by atoms with Crippen LogP contribution in [0.25, 0.3) is 0 Å². The predicted molar refractivity (Wildman–Crippen MR) is 108 cm³/mol. The third-order valence-electron chi connectivity index (χ3n) is 4.52. The number of nitrogens with zero attached hydrogens (tertiary/aromatic N) is 2. The minimum absolute atomic E-state index is 0.0615. The Morgan fingerprint density at radius 2 is 2.00 bits per heavy atom. The first-order chi connectivity index (χ1) is 12.7. The first kappa shape index (κ1) is 22.5. The zero-order valence-corrected chi connectivity index (χ0v) is 17.0. The third-order valence-corrected chi connectivity index (χ3v) is 4.52. The van der Waals surface area contributed by atoms with Crippen LogP contribution in [-0.2, 0) is 14.3 Å². The van der Waals surface area contributed by atoms with Crippen molar-refractivity contribution in [2.45, 2.75) is 59.4 Å². The second kappa shape index (κ2) is 9.94. The van der Waals surface area contributed by atoms with Crippen molar-refractivity contribution in [2.24, 2.45) is 16.5 Å². The van der Waals surface area contributed by atoms with Gasteiger partial charge in [-0.15, -0.1) is 0 Å². The fourth-order valence-corrected chi connectivity index (χ4v) is 2.64. The minimum atomic E-state index is -0.496. The maximum Gasteiger partial charge on any atom is 0.244 e. The number of primary amides is 1. The normalized spacial score (nSPS) is 22.0. The van der Waals surface area contributed by atoms with Crippen LogP contribution < -0.4 is 11.5 Å². The van der Waals surface area contributed by atoms with Gasteiger partial charge in [-0.25, -0.2) is 4.99 Å². The molecule has 1 aliphatic rings. The molecule has 1 aliphatic heterocycles. The van der Waals surface area contributed by atoms with Crippen molar-refractivity contribution in [3.05, 3.63) is 35.1 Å². The van der Waals surface area contributed by atoms with Gasteiger partial charge in [0, 0.05) is 11.1 Å². The summed E-state index contributed by atoms with van der Waals surface area (Å²) in [5.74, 6) is 0.236. The number of ether oxygens (including phenoxy) is 1. The molecule has 7 nitrogen and oxygen atoms in total. The lowest BCUT2D eigenvalue weighted by molar-refractivity contribution is -0.129. The zero-order chi connectivity index (χ0) is 20.6. The number of amides is 2.